The summed E-state index contributed by atoms with van der Waals surface area (Å²) in [6, 6.07) is -1.18. The molecule has 0 aromatic heterocycles. The molecule has 1 atom stereocenters. The second-order valence-corrected chi connectivity index (χ2v) is 5.80. The molecule has 0 radical (unpaired) electrons. The minimum absolute atomic E-state index is 0.231. The number of hydrogen-bond acceptors (Lipinski definition) is 3. The Morgan fingerprint density at radius 1 is 1.47 bits per heavy atom. The molecular weight excluding hydrogens is 240 g/mol. The minimum atomic E-state index is -0.980. The van der Waals surface area contributed by atoms with Crippen molar-refractivity contribution in [3.63, 3.8) is 0 Å². The highest BCUT2D eigenvalue weighted by Crippen LogP contribution is 2.43. The first-order chi connectivity index (χ1) is 7.97. The Morgan fingerprint density at radius 2 is 2.12 bits per heavy atom. The number of thioether (sulfide) groups is 1. The van der Waals surface area contributed by atoms with Crippen molar-refractivity contribution in [1.82, 2.24) is 10.6 Å². The summed E-state index contributed by atoms with van der Waals surface area (Å²) < 4.78 is 0. The number of carbonyl (C=O) groups is 2. The third-order valence-electron chi connectivity index (χ3n) is 2.99. The first-order valence-corrected chi connectivity index (χ1v) is 7.12. The largest absolute Gasteiger partial charge is 0.480 e. The lowest BCUT2D eigenvalue weighted by Gasteiger charge is -2.16. The molecule has 0 aromatic rings. The highest BCUT2D eigenvalue weighted by molar-refractivity contribution is 7.98. The molecule has 0 aromatic carbocycles. The van der Waals surface area contributed by atoms with E-state index in [-0.39, 0.29) is 11.4 Å². The monoisotopic (exact) mass is 260 g/mol. The number of carbonyl (C=O) groups excluding carboxylic acids is 1. The molecule has 1 aliphatic carbocycles. The molecule has 98 valence electrons. The fourth-order valence-corrected chi connectivity index (χ4v) is 1.86. The molecule has 0 spiro atoms. The van der Waals surface area contributed by atoms with E-state index in [0.29, 0.717) is 13.0 Å². The normalized spacial score (nSPS) is 18.2. The summed E-state index contributed by atoms with van der Waals surface area (Å²) in [5, 5.41) is 14.2. The summed E-state index contributed by atoms with van der Waals surface area (Å²) in [5.74, 6) is -0.263. The molecule has 0 aliphatic heterocycles. The fourth-order valence-electron chi connectivity index (χ4n) is 1.39. The fraction of sp³-hybridized carbons (Fsp3) is 0.818. The predicted octanol–water partition coefficient (Wildman–Crippen LogP) is 1.29. The van der Waals surface area contributed by atoms with Gasteiger partial charge in [-0.1, -0.05) is 6.92 Å². The lowest BCUT2D eigenvalue weighted by atomic mass is 10.1. The average molecular weight is 260 g/mol. The van der Waals surface area contributed by atoms with E-state index < -0.39 is 12.0 Å². The molecule has 17 heavy (non-hydrogen) atoms. The van der Waals surface area contributed by atoms with E-state index >= 15 is 0 Å². The van der Waals surface area contributed by atoms with Crippen LogP contribution in [0.1, 0.15) is 26.2 Å². The van der Waals surface area contributed by atoms with Crippen molar-refractivity contribution in [2.45, 2.75) is 32.2 Å². The molecule has 1 aliphatic rings. The van der Waals surface area contributed by atoms with Gasteiger partial charge in [0.15, 0.2) is 0 Å². The van der Waals surface area contributed by atoms with Crippen LogP contribution >= 0.6 is 11.8 Å². The number of aliphatic carboxylic acids is 1. The van der Waals surface area contributed by atoms with Crippen LogP contribution < -0.4 is 10.6 Å². The van der Waals surface area contributed by atoms with Crippen LogP contribution in [0.4, 0.5) is 4.79 Å². The SMILES string of the molecule is CSCC[C@@H](NC(=O)NCC1(C)CC1)C(=O)O. The van der Waals surface area contributed by atoms with Gasteiger partial charge < -0.3 is 15.7 Å². The summed E-state index contributed by atoms with van der Waals surface area (Å²) >= 11 is 1.57. The van der Waals surface area contributed by atoms with Gasteiger partial charge in [-0.15, -0.1) is 0 Å². The molecule has 6 heteroatoms. The zero-order valence-corrected chi connectivity index (χ0v) is 11.1. The van der Waals surface area contributed by atoms with Gasteiger partial charge in [-0.2, -0.15) is 11.8 Å². The highest BCUT2D eigenvalue weighted by atomic mass is 32.2. The van der Waals surface area contributed by atoms with Crippen LogP contribution in [-0.4, -0.2) is 41.7 Å². The van der Waals surface area contributed by atoms with Crippen molar-refractivity contribution in [3.05, 3.63) is 0 Å². The summed E-state index contributed by atoms with van der Waals surface area (Å²) in [5.41, 5.74) is 0.231. The van der Waals surface area contributed by atoms with Crippen LogP contribution in [0, 0.1) is 5.41 Å². The van der Waals surface area contributed by atoms with E-state index in [0.717, 1.165) is 18.6 Å². The van der Waals surface area contributed by atoms with Crippen molar-refractivity contribution >= 4 is 23.8 Å². The van der Waals surface area contributed by atoms with Gasteiger partial charge in [0.05, 0.1) is 0 Å². The third kappa shape index (κ3) is 5.30. The van der Waals surface area contributed by atoms with Crippen LogP contribution in [0.3, 0.4) is 0 Å². The minimum Gasteiger partial charge on any atom is -0.480 e. The van der Waals surface area contributed by atoms with Crippen LogP contribution in [0.2, 0.25) is 0 Å². The van der Waals surface area contributed by atoms with Crippen LogP contribution in [0.25, 0.3) is 0 Å². The van der Waals surface area contributed by atoms with E-state index in [1.807, 2.05) is 6.26 Å². The van der Waals surface area contributed by atoms with Gasteiger partial charge in [-0.3, -0.25) is 0 Å². The average Bonchev–Trinajstić information content (AvgIpc) is 3.00. The third-order valence-corrected chi connectivity index (χ3v) is 3.64. The standard InChI is InChI=1S/C11H20N2O3S/c1-11(4-5-11)7-12-10(16)13-8(9(14)15)3-6-17-2/h8H,3-7H2,1-2H3,(H,14,15)(H2,12,13,16)/t8-/m1/s1. The van der Waals surface area contributed by atoms with Crippen LogP contribution in [0.5, 0.6) is 0 Å². The van der Waals surface area contributed by atoms with Crippen molar-refractivity contribution < 1.29 is 14.7 Å². The summed E-state index contributed by atoms with van der Waals surface area (Å²) in [6.07, 6.45) is 4.61. The zero-order valence-electron chi connectivity index (χ0n) is 10.3. The van der Waals surface area contributed by atoms with Crippen LogP contribution in [-0.2, 0) is 4.79 Å². The number of amides is 2. The second kappa shape index (κ2) is 6.14. The van der Waals surface area contributed by atoms with Gasteiger partial charge in [0.2, 0.25) is 0 Å². The van der Waals surface area contributed by atoms with Crippen molar-refractivity contribution in [3.8, 4) is 0 Å². The Morgan fingerprint density at radius 3 is 2.59 bits per heavy atom. The summed E-state index contributed by atoms with van der Waals surface area (Å²) in [6.45, 7) is 2.73. The highest BCUT2D eigenvalue weighted by Gasteiger charge is 2.37. The molecule has 0 heterocycles. The smallest absolute Gasteiger partial charge is 0.326 e. The van der Waals surface area contributed by atoms with E-state index in [9.17, 15) is 9.59 Å². The van der Waals surface area contributed by atoms with Gasteiger partial charge in [-0.25, -0.2) is 9.59 Å². The van der Waals surface area contributed by atoms with Gasteiger partial charge in [-0.05, 0) is 36.7 Å². The molecule has 1 saturated carbocycles. The van der Waals surface area contributed by atoms with E-state index in [1.165, 1.54) is 0 Å². The van der Waals surface area contributed by atoms with E-state index in [1.54, 1.807) is 11.8 Å². The number of carboxylic acids is 1. The van der Waals surface area contributed by atoms with Gasteiger partial charge in [0.1, 0.15) is 6.04 Å². The first kappa shape index (κ1) is 14.2. The molecule has 3 N–H and O–H groups in total. The molecule has 0 saturated heterocycles. The predicted molar refractivity (Wildman–Crippen MR) is 68.3 cm³/mol. The number of urea groups is 1. The van der Waals surface area contributed by atoms with Crippen LogP contribution in [0.15, 0.2) is 0 Å². The lowest BCUT2D eigenvalue weighted by molar-refractivity contribution is -0.139. The Balaban J connectivity index is 2.27. The summed E-state index contributed by atoms with van der Waals surface area (Å²) in [7, 11) is 0. The number of nitrogens with one attached hydrogen (secondary N) is 2. The number of hydrogen-bond donors (Lipinski definition) is 3. The molecule has 1 rings (SSSR count). The summed E-state index contributed by atoms with van der Waals surface area (Å²) in [4.78, 5) is 22.4. The van der Waals surface area contributed by atoms with E-state index in [2.05, 4.69) is 17.6 Å². The molecule has 2 amide bonds. The Hall–Kier alpha value is -0.910. The molecule has 5 nitrogen and oxygen atoms in total. The Labute approximate surface area is 106 Å². The zero-order chi connectivity index (χ0) is 12.9. The Bertz CT molecular complexity index is 292. The molecule has 0 bridgehead atoms. The molecule has 0 unspecified atom stereocenters. The van der Waals surface area contributed by atoms with Gasteiger partial charge >= 0.3 is 12.0 Å². The second-order valence-electron chi connectivity index (χ2n) is 4.81. The van der Waals surface area contributed by atoms with Gasteiger partial charge in [0, 0.05) is 6.54 Å². The molecule has 1 fully saturated rings. The lowest BCUT2D eigenvalue weighted by Crippen LogP contribution is -2.47. The molecular formula is C11H20N2O3S. The quantitative estimate of drug-likeness (QED) is 0.644. The first-order valence-electron chi connectivity index (χ1n) is 5.73. The maximum Gasteiger partial charge on any atom is 0.326 e. The maximum absolute atomic E-state index is 11.5. The van der Waals surface area contributed by atoms with Crippen molar-refractivity contribution in [1.29, 1.82) is 0 Å². The van der Waals surface area contributed by atoms with Crippen molar-refractivity contribution in [2.24, 2.45) is 5.41 Å². The number of carboxylic acid groups (broad SMARTS) is 1. The topological polar surface area (TPSA) is 78.4 Å². The Kier molecular flexibility index (Phi) is 5.11. The maximum atomic E-state index is 11.5. The number of rotatable bonds is 7. The van der Waals surface area contributed by atoms with Gasteiger partial charge in [0.25, 0.3) is 0 Å². The van der Waals surface area contributed by atoms with E-state index in [4.69, 9.17) is 5.11 Å². The van der Waals surface area contributed by atoms with Crippen molar-refractivity contribution in [2.75, 3.05) is 18.6 Å².